The highest BCUT2D eigenvalue weighted by Gasteiger charge is 2.18. The SMILES string of the molecule is Cc1cc(S(=O)(=O)c2ccc(Nc3cnc[nH]3)cc2)ccc1Cl. The van der Waals surface area contributed by atoms with E-state index in [2.05, 4.69) is 15.3 Å². The van der Waals surface area contributed by atoms with Gasteiger partial charge in [-0.25, -0.2) is 13.4 Å². The minimum Gasteiger partial charge on any atom is -0.340 e. The summed E-state index contributed by atoms with van der Waals surface area (Å²) in [5.74, 6) is 0.730. The molecule has 1 aromatic heterocycles. The summed E-state index contributed by atoms with van der Waals surface area (Å²) in [6, 6.07) is 11.2. The second kappa shape index (κ2) is 6.06. The average molecular weight is 348 g/mol. The van der Waals surface area contributed by atoms with Crippen LogP contribution in [0.2, 0.25) is 5.02 Å². The van der Waals surface area contributed by atoms with Crippen LogP contribution in [0.25, 0.3) is 0 Å². The van der Waals surface area contributed by atoms with Crippen molar-refractivity contribution in [1.82, 2.24) is 9.97 Å². The molecule has 118 valence electrons. The normalized spacial score (nSPS) is 11.4. The molecule has 0 atom stereocenters. The standard InChI is InChI=1S/C16H14ClN3O2S/c1-11-8-14(6-7-15(11)17)23(21,22)13-4-2-12(3-5-13)20-16-9-18-10-19-16/h2-10,20H,1H3,(H,18,19). The number of hydrogen-bond acceptors (Lipinski definition) is 4. The summed E-state index contributed by atoms with van der Waals surface area (Å²) < 4.78 is 25.3. The van der Waals surface area contributed by atoms with E-state index in [9.17, 15) is 8.42 Å². The van der Waals surface area contributed by atoms with Crippen LogP contribution in [0.5, 0.6) is 0 Å². The molecule has 2 N–H and O–H groups in total. The number of halogens is 1. The molecule has 0 aliphatic heterocycles. The van der Waals surface area contributed by atoms with Crippen LogP contribution in [0.15, 0.2) is 64.8 Å². The Bertz CT molecular complexity index is 920. The van der Waals surface area contributed by atoms with Crippen molar-refractivity contribution in [2.45, 2.75) is 16.7 Å². The number of anilines is 2. The molecule has 2 aromatic carbocycles. The largest absolute Gasteiger partial charge is 0.340 e. The summed E-state index contributed by atoms with van der Waals surface area (Å²) in [6.45, 7) is 1.78. The van der Waals surface area contributed by atoms with Gasteiger partial charge in [-0.3, -0.25) is 0 Å². The molecule has 23 heavy (non-hydrogen) atoms. The highest BCUT2D eigenvalue weighted by molar-refractivity contribution is 7.91. The van der Waals surface area contributed by atoms with Gasteiger partial charge in [0.05, 0.1) is 22.3 Å². The van der Waals surface area contributed by atoms with Crippen LogP contribution in [0.3, 0.4) is 0 Å². The third-order valence-electron chi connectivity index (χ3n) is 3.38. The number of aryl methyl sites for hydroxylation is 1. The first-order chi connectivity index (χ1) is 11.0. The lowest BCUT2D eigenvalue weighted by molar-refractivity contribution is 0.596. The van der Waals surface area contributed by atoms with E-state index in [1.807, 2.05) is 0 Å². The molecule has 0 saturated heterocycles. The van der Waals surface area contributed by atoms with E-state index in [1.165, 1.54) is 6.07 Å². The average Bonchev–Trinajstić information content (AvgIpc) is 3.03. The summed E-state index contributed by atoms with van der Waals surface area (Å²) in [4.78, 5) is 7.28. The Labute approximate surface area is 139 Å². The fourth-order valence-electron chi connectivity index (χ4n) is 2.12. The Balaban J connectivity index is 1.89. The summed E-state index contributed by atoms with van der Waals surface area (Å²) in [7, 11) is -3.56. The zero-order valence-electron chi connectivity index (χ0n) is 12.2. The van der Waals surface area contributed by atoms with Gasteiger partial charge >= 0.3 is 0 Å². The summed E-state index contributed by atoms with van der Waals surface area (Å²) in [5.41, 5.74) is 1.49. The van der Waals surface area contributed by atoms with E-state index in [0.717, 1.165) is 17.1 Å². The molecule has 1 heterocycles. The van der Waals surface area contributed by atoms with Crippen molar-refractivity contribution >= 4 is 32.9 Å². The first-order valence-electron chi connectivity index (χ1n) is 6.83. The quantitative estimate of drug-likeness (QED) is 0.749. The minimum atomic E-state index is -3.56. The van der Waals surface area contributed by atoms with Crippen molar-refractivity contribution in [3.63, 3.8) is 0 Å². The second-order valence-electron chi connectivity index (χ2n) is 5.03. The minimum absolute atomic E-state index is 0.230. The van der Waals surface area contributed by atoms with Crippen molar-refractivity contribution in [2.24, 2.45) is 0 Å². The highest BCUT2D eigenvalue weighted by Crippen LogP contribution is 2.26. The molecule has 0 aliphatic rings. The Hall–Kier alpha value is -2.31. The summed E-state index contributed by atoms with van der Waals surface area (Å²) >= 11 is 5.95. The first kappa shape index (κ1) is 15.6. The number of benzene rings is 2. The Morgan fingerprint density at radius 2 is 1.78 bits per heavy atom. The molecule has 0 spiro atoms. The van der Waals surface area contributed by atoms with Gasteiger partial charge in [0.2, 0.25) is 9.84 Å². The molecular weight excluding hydrogens is 334 g/mol. The molecule has 0 saturated carbocycles. The van der Waals surface area contributed by atoms with Gasteiger partial charge in [0.1, 0.15) is 5.82 Å². The lowest BCUT2D eigenvalue weighted by Crippen LogP contribution is -2.02. The number of rotatable bonds is 4. The molecule has 0 unspecified atom stereocenters. The number of nitrogens with zero attached hydrogens (tertiary/aromatic N) is 1. The van der Waals surface area contributed by atoms with Gasteiger partial charge in [-0.05, 0) is 55.0 Å². The first-order valence-corrected chi connectivity index (χ1v) is 8.69. The third-order valence-corrected chi connectivity index (χ3v) is 5.57. The van der Waals surface area contributed by atoms with E-state index in [4.69, 9.17) is 11.6 Å². The molecule has 0 radical (unpaired) electrons. The lowest BCUT2D eigenvalue weighted by atomic mass is 10.2. The number of nitrogens with one attached hydrogen (secondary N) is 2. The predicted molar refractivity (Wildman–Crippen MR) is 90.0 cm³/mol. The van der Waals surface area contributed by atoms with Crippen molar-refractivity contribution < 1.29 is 8.42 Å². The zero-order valence-corrected chi connectivity index (χ0v) is 13.8. The maximum Gasteiger partial charge on any atom is 0.206 e. The number of aromatic amines is 1. The van der Waals surface area contributed by atoms with E-state index in [0.29, 0.717) is 5.02 Å². The Kier molecular flexibility index (Phi) is 4.11. The van der Waals surface area contributed by atoms with Crippen molar-refractivity contribution in [3.8, 4) is 0 Å². The molecule has 5 nitrogen and oxygen atoms in total. The number of aromatic nitrogens is 2. The maximum absolute atomic E-state index is 12.6. The van der Waals surface area contributed by atoms with Crippen molar-refractivity contribution in [3.05, 3.63) is 65.6 Å². The van der Waals surface area contributed by atoms with Gasteiger partial charge < -0.3 is 10.3 Å². The lowest BCUT2D eigenvalue weighted by Gasteiger charge is -2.08. The van der Waals surface area contributed by atoms with Crippen LogP contribution >= 0.6 is 11.6 Å². The van der Waals surface area contributed by atoms with Crippen LogP contribution in [-0.2, 0) is 9.84 Å². The molecule has 0 fully saturated rings. The molecule has 0 amide bonds. The van der Waals surface area contributed by atoms with Crippen molar-refractivity contribution in [1.29, 1.82) is 0 Å². The molecule has 0 aliphatic carbocycles. The third kappa shape index (κ3) is 3.23. The number of hydrogen-bond donors (Lipinski definition) is 2. The Morgan fingerprint density at radius 1 is 1.09 bits per heavy atom. The second-order valence-corrected chi connectivity index (χ2v) is 7.39. The number of sulfone groups is 1. The fraction of sp³-hybridized carbons (Fsp3) is 0.0625. The van der Waals surface area contributed by atoms with Crippen LogP contribution < -0.4 is 5.32 Å². The monoisotopic (exact) mass is 347 g/mol. The van der Waals surface area contributed by atoms with Crippen LogP contribution in [0, 0.1) is 6.92 Å². The molecule has 3 aromatic rings. The zero-order chi connectivity index (χ0) is 16.4. The van der Waals surface area contributed by atoms with Gasteiger partial charge in [0.25, 0.3) is 0 Å². The van der Waals surface area contributed by atoms with Gasteiger partial charge in [-0.2, -0.15) is 0 Å². The van der Waals surface area contributed by atoms with Gasteiger partial charge in [-0.15, -0.1) is 0 Å². The highest BCUT2D eigenvalue weighted by atomic mass is 35.5. The van der Waals surface area contributed by atoms with Gasteiger partial charge in [-0.1, -0.05) is 11.6 Å². The van der Waals surface area contributed by atoms with Gasteiger partial charge in [0.15, 0.2) is 0 Å². The topological polar surface area (TPSA) is 74.8 Å². The van der Waals surface area contributed by atoms with Crippen LogP contribution in [0.1, 0.15) is 5.56 Å². The summed E-state index contributed by atoms with van der Waals surface area (Å²) in [6.07, 6.45) is 3.20. The van der Waals surface area contributed by atoms with E-state index in [1.54, 1.807) is 55.8 Å². The van der Waals surface area contributed by atoms with Crippen LogP contribution in [-0.4, -0.2) is 18.4 Å². The number of H-pyrrole nitrogens is 1. The molecular formula is C16H14ClN3O2S. The summed E-state index contributed by atoms with van der Waals surface area (Å²) in [5, 5.41) is 3.63. The van der Waals surface area contributed by atoms with Gasteiger partial charge in [0, 0.05) is 10.7 Å². The van der Waals surface area contributed by atoms with Crippen molar-refractivity contribution in [2.75, 3.05) is 5.32 Å². The van der Waals surface area contributed by atoms with E-state index >= 15 is 0 Å². The molecule has 3 rings (SSSR count). The van der Waals surface area contributed by atoms with E-state index in [-0.39, 0.29) is 9.79 Å². The fourth-order valence-corrected chi connectivity index (χ4v) is 3.58. The number of imidazole rings is 1. The smallest absolute Gasteiger partial charge is 0.206 e. The molecule has 0 bridgehead atoms. The van der Waals surface area contributed by atoms with E-state index < -0.39 is 9.84 Å². The molecule has 7 heteroatoms. The Morgan fingerprint density at radius 3 is 2.39 bits per heavy atom. The maximum atomic E-state index is 12.6. The predicted octanol–water partition coefficient (Wildman–Crippen LogP) is 3.95. The van der Waals surface area contributed by atoms with Crippen LogP contribution in [0.4, 0.5) is 11.5 Å².